The van der Waals surface area contributed by atoms with Gasteiger partial charge in [-0.05, 0) is 62.1 Å². The van der Waals surface area contributed by atoms with Crippen molar-refractivity contribution in [2.75, 3.05) is 7.11 Å². The molecule has 3 fully saturated rings. The zero-order valence-corrected chi connectivity index (χ0v) is 20.1. The van der Waals surface area contributed by atoms with Crippen molar-refractivity contribution in [3.8, 4) is 0 Å². The van der Waals surface area contributed by atoms with Gasteiger partial charge in [0.15, 0.2) is 13.9 Å². The van der Waals surface area contributed by atoms with Crippen LogP contribution in [0.3, 0.4) is 0 Å². The number of epoxide rings is 1. The molecule has 0 bridgehead atoms. The normalized spacial score (nSPS) is 43.5. The van der Waals surface area contributed by atoms with Gasteiger partial charge in [-0.1, -0.05) is 41.5 Å². The van der Waals surface area contributed by atoms with Crippen molar-refractivity contribution in [3.63, 3.8) is 0 Å². The molecule has 0 aromatic carbocycles. The van der Waals surface area contributed by atoms with Gasteiger partial charge in [0.1, 0.15) is 5.60 Å². The van der Waals surface area contributed by atoms with Crippen LogP contribution in [0.5, 0.6) is 0 Å². The molecule has 3 aliphatic rings. The molecule has 5 heteroatoms. The zero-order chi connectivity index (χ0) is 20.7. The van der Waals surface area contributed by atoms with Crippen molar-refractivity contribution in [2.45, 2.75) is 110 Å². The maximum absolute atomic E-state index is 12.9. The van der Waals surface area contributed by atoms with E-state index < -0.39 is 13.9 Å². The highest BCUT2D eigenvalue weighted by molar-refractivity contribution is 6.74. The number of rotatable bonds is 3. The van der Waals surface area contributed by atoms with E-state index in [4.69, 9.17) is 13.9 Å². The van der Waals surface area contributed by atoms with Gasteiger partial charge in [0.25, 0.3) is 0 Å². The summed E-state index contributed by atoms with van der Waals surface area (Å²) in [6.07, 6.45) is 4.15. The van der Waals surface area contributed by atoms with Gasteiger partial charge in [-0.15, -0.1) is 0 Å². The third kappa shape index (κ3) is 2.63. The molecule has 0 spiro atoms. The molecule has 0 amide bonds. The molecule has 0 aromatic heterocycles. The first-order valence-electron chi connectivity index (χ1n) is 10.6. The third-order valence-corrected chi connectivity index (χ3v) is 13.4. The van der Waals surface area contributed by atoms with Crippen LogP contribution in [0, 0.1) is 16.7 Å². The summed E-state index contributed by atoms with van der Waals surface area (Å²) in [5.74, 6) is 0.194. The minimum absolute atomic E-state index is 0.00315. The first-order valence-corrected chi connectivity index (χ1v) is 13.5. The molecule has 5 atom stereocenters. The second-order valence-corrected chi connectivity index (χ2v) is 16.5. The Kier molecular flexibility index (Phi) is 4.60. The number of ether oxygens (including phenoxy) is 2. The lowest BCUT2D eigenvalue weighted by Crippen LogP contribution is -2.64. The van der Waals surface area contributed by atoms with Crippen molar-refractivity contribution in [3.05, 3.63) is 0 Å². The highest BCUT2D eigenvalue weighted by Crippen LogP contribution is 2.73. The van der Waals surface area contributed by atoms with E-state index in [-0.39, 0.29) is 33.5 Å². The van der Waals surface area contributed by atoms with Crippen LogP contribution in [-0.2, 0) is 18.7 Å². The predicted octanol–water partition coefficient (Wildman–Crippen LogP) is 5.31. The smallest absolute Gasteiger partial charge is 0.341 e. The fraction of sp³-hybridized carbons (Fsp3) is 0.955. The van der Waals surface area contributed by atoms with Gasteiger partial charge in [0.05, 0.1) is 13.2 Å². The zero-order valence-electron chi connectivity index (χ0n) is 19.1. The summed E-state index contributed by atoms with van der Waals surface area (Å²) < 4.78 is 18.4. The van der Waals surface area contributed by atoms with Crippen molar-refractivity contribution < 1.29 is 18.7 Å². The third-order valence-electron chi connectivity index (χ3n) is 8.93. The number of methoxy groups -OCH3 is 1. The quantitative estimate of drug-likeness (QED) is 0.368. The second-order valence-electron chi connectivity index (χ2n) is 11.7. The van der Waals surface area contributed by atoms with Crippen LogP contribution in [0.15, 0.2) is 0 Å². The van der Waals surface area contributed by atoms with Crippen LogP contribution in [0.2, 0.25) is 18.1 Å². The lowest BCUT2D eigenvalue weighted by Gasteiger charge is -2.59. The summed E-state index contributed by atoms with van der Waals surface area (Å²) >= 11 is 0. The predicted molar refractivity (Wildman–Crippen MR) is 110 cm³/mol. The fourth-order valence-electron chi connectivity index (χ4n) is 6.19. The van der Waals surface area contributed by atoms with Crippen LogP contribution in [0.1, 0.15) is 74.1 Å². The molecule has 2 aliphatic carbocycles. The Hall–Kier alpha value is -0.393. The SMILES string of the molecule is COC(=O)[C@@]12O[C@]1(C)CC[C@H]1C(C)(C)[C@@H](O[Si](C)(C)C(C)(C)C)CC[C@@]12C. The van der Waals surface area contributed by atoms with Gasteiger partial charge in [-0.3, -0.25) is 0 Å². The summed E-state index contributed by atoms with van der Waals surface area (Å²) in [6, 6.07) is 0. The molecule has 0 N–H and O–H groups in total. The molecule has 27 heavy (non-hydrogen) atoms. The van der Waals surface area contributed by atoms with Crippen molar-refractivity contribution >= 4 is 14.3 Å². The molecule has 4 nitrogen and oxygen atoms in total. The molecule has 0 aromatic rings. The summed E-state index contributed by atoms with van der Waals surface area (Å²) in [4.78, 5) is 12.9. The number of carbonyl (C=O) groups excluding carboxylic acids is 1. The Balaban J connectivity index is 1.94. The van der Waals surface area contributed by atoms with E-state index >= 15 is 0 Å². The molecule has 1 aliphatic heterocycles. The Morgan fingerprint density at radius 3 is 2.19 bits per heavy atom. The van der Waals surface area contributed by atoms with E-state index in [0.29, 0.717) is 5.92 Å². The maximum atomic E-state index is 12.9. The Morgan fingerprint density at radius 2 is 1.67 bits per heavy atom. The molecule has 1 saturated heterocycles. The summed E-state index contributed by atoms with van der Waals surface area (Å²) in [5.41, 5.74) is -1.36. The Labute approximate surface area is 166 Å². The summed E-state index contributed by atoms with van der Waals surface area (Å²) in [5, 5.41) is 0.196. The summed E-state index contributed by atoms with van der Waals surface area (Å²) in [7, 11) is -0.364. The number of carbonyl (C=O) groups is 1. The van der Waals surface area contributed by atoms with Crippen LogP contribution in [0.25, 0.3) is 0 Å². The van der Waals surface area contributed by atoms with E-state index in [0.717, 1.165) is 25.7 Å². The van der Waals surface area contributed by atoms with E-state index in [2.05, 4.69) is 61.6 Å². The summed E-state index contributed by atoms with van der Waals surface area (Å²) in [6.45, 7) is 20.6. The average molecular weight is 397 g/mol. The molecule has 1 heterocycles. The number of hydrogen-bond donors (Lipinski definition) is 0. The minimum atomic E-state index is -1.85. The Bertz CT molecular complexity index is 637. The standard InChI is InChI=1S/C22H40O4Si/c1-18(2,3)27(9,10)25-16-12-13-20(6)15(19(16,4)5)11-14-21(7)22(20,26-21)17(23)24-8/h15-16H,11-14H2,1-10H3/t15-,16-,20-,21+,22-/m0/s1. The molecule has 0 unspecified atom stereocenters. The van der Waals surface area contributed by atoms with Gasteiger partial charge < -0.3 is 13.9 Å². The van der Waals surface area contributed by atoms with Crippen molar-refractivity contribution in [1.82, 2.24) is 0 Å². The van der Waals surface area contributed by atoms with Crippen LogP contribution in [0.4, 0.5) is 0 Å². The molecule has 156 valence electrons. The molecular weight excluding hydrogens is 356 g/mol. The lowest BCUT2D eigenvalue weighted by atomic mass is 9.46. The Morgan fingerprint density at radius 1 is 1.07 bits per heavy atom. The van der Waals surface area contributed by atoms with E-state index in [1.807, 2.05) is 0 Å². The minimum Gasteiger partial charge on any atom is -0.467 e. The second kappa shape index (κ2) is 5.82. The van der Waals surface area contributed by atoms with Gasteiger partial charge in [-0.25, -0.2) is 4.79 Å². The van der Waals surface area contributed by atoms with Crippen LogP contribution in [-0.4, -0.2) is 38.7 Å². The number of esters is 1. The monoisotopic (exact) mass is 396 g/mol. The van der Waals surface area contributed by atoms with E-state index in [1.165, 1.54) is 7.11 Å². The maximum Gasteiger partial charge on any atom is 0.341 e. The van der Waals surface area contributed by atoms with Gasteiger partial charge in [-0.2, -0.15) is 0 Å². The number of fused-ring (bicyclic) bond motifs is 3. The fourth-order valence-corrected chi connectivity index (χ4v) is 7.68. The highest BCUT2D eigenvalue weighted by atomic mass is 28.4. The number of hydrogen-bond acceptors (Lipinski definition) is 4. The van der Waals surface area contributed by atoms with Crippen LogP contribution >= 0.6 is 0 Å². The molecular formula is C22H40O4Si. The van der Waals surface area contributed by atoms with Gasteiger partial charge >= 0.3 is 5.97 Å². The molecule has 2 saturated carbocycles. The van der Waals surface area contributed by atoms with Gasteiger partial charge in [0, 0.05) is 5.41 Å². The topological polar surface area (TPSA) is 48.1 Å². The largest absolute Gasteiger partial charge is 0.467 e. The lowest BCUT2D eigenvalue weighted by molar-refractivity contribution is -0.170. The van der Waals surface area contributed by atoms with Gasteiger partial charge in [0.2, 0.25) is 0 Å². The highest BCUT2D eigenvalue weighted by Gasteiger charge is 2.84. The van der Waals surface area contributed by atoms with Crippen LogP contribution < -0.4 is 0 Å². The van der Waals surface area contributed by atoms with E-state index in [9.17, 15) is 4.79 Å². The van der Waals surface area contributed by atoms with E-state index in [1.54, 1.807) is 0 Å². The average Bonchev–Trinajstić information content (AvgIpc) is 3.17. The first-order chi connectivity index (χ1) is 12.1. The first kappa shape index (κ1) is 21.3. The molecule has 3 rings (SSSR count). The van der Waals surface area contributed by atoms with Crippen molar-refractivity contribution in [2.24, 2.45) is 16.7 Å². The van der Waals surface area contributed by atoms with Crippen molar-refractivity contribution in [1.29, 1.82) is 0 Å². The molecule has 0 radical (unpaired) electrons.